The molecular weight excluding hydrogens is 466 g/mol. The summed E-state index contributed by atoms with van der Waals surface area (Å²) >= 11 is 0. The largest absolute Gasteiger partial charge is 0.480 e. The Kier molecular flexibility index (Phi) is 25.8. The van der Waals surface area contributed by atoms with Crippen LogP contribution in [-0.4, -0.2) is 35.6 Å². The first-order valence-electron chi connectivity index (χ1n) is 15.3. The first-order valence-corrected chi connectivity index (χ1v) is 15.3. The second kappa shape index (κ2) is 27.2. The van der Waals surface area contributed by atoms with Gasteiger partial charge in [0.1, 0.15) is 12.6 Å². The fraction of sp³-hybridized carbons (Fsp3) is 0.839. The summed E-state index contributed by atoms with van der Waals surface area (Å²) in [6, 6.07) is 0. The normalized spacial score (nSPS) is 12.1. The first-order chi connectivity index (χ1) is 18.0. The number of carbonyl (C=O) groups excluding carboxylic acids is 2. The number of nitrogens with one attached hydrogen (secondary N) is 1. The zero-order chi connectivity index (χ0) is 27.4. The number of carbonyl (C=O) groups is 3. The lowest BCUT2D eigenvalue weighted by Gasteiger charge is -2.18. The van der Waals surface area contributed by atoms with Gasteiger partial charge in [0.15, 0.2) is 0 Å². The molecule has 6 heteroatoms. The second-order valence-electron chi connectivity index (χ2n) is 10.4. The number of hydrogen-bond acceptors (Lipinski definition) is 4. The van der Waals surface area contributed by atoms with Crippen LogP contribution < -0.4 is 5.32 Å². The summed E-state index contributed by atoms with van der Waals surface area (Å²) in [5.74, 6) is -1.33. The lowest BCUT2D eigenvalue weighted by Crippen LogP contribution is -2.28. The highest BCUT2D eigenvalue weighted by molar-refractivity contribution is 5.80. The minimum atomic E-state index is -1.03. The molecule has 0 fully saturated rings. The van der Waals surface area contributed by atoms with Gasteiger partial charge in [-0.15, -0.1) is 0 Å². The molecule has 216 valence electrons. The highest BCUT2D eigenvalue weighted by atomic mass is 16.5. The van der Waals surface area contributed by atoms with E-state index < -0.39 is 5.97 Å². The number of aliphatic carboxylic acids is 1. The third-order valence-corrected chi connectivity index (χ3v) is 6.69. The van der Waals surface area contributed by atoms with Crippen LogP contribution in [0.15, 0.2) is 12.2 Å². The Bertz CT molecular complexity index is 590. The Morgan fingerprint density at radius 3 is 1.78 bits per heavy atom. The molecule has 1 amide bonds. The van der Waals surface area contributed by atoms with Gasteiger partial charge in [-0.3, -0.25) is 14.4 Å². The highest BCUT2D eigenvalue weighted by Gasteiger charge is 2.14. The Morgan fingerprint density at radius 2 is 1.16 bits per heavy atom. The van der Waals surface area contributed by atoms with Gasteiger partial charge in [-0.1, -0.05) is 90.2 Å². The maximum Gasteiger partial charge on any atom is 0.322 e. The van der Waals surface area contributed by atoms with E-state index in [2.05, 4.69) is 31.3 Å². The molecule has 0 aliphatic carbocycles. The van der Waals surface area contributed by atoms with E-state index in [1.807, 2.05) is 0 Å². The van der Waals surface area contributed by atoms with Crippen molar-refractivity contribution in [3.8, 4) is 0 Å². The van der Waals surface area contributed by atoms with Crippen LogP contribution >= 0.6 is 0 Å². The quantitative estimate of drug-likeness (QED) is 0.0642. The molecule has 0 rings (SSSR count). The molecule has 0 heterocycles. The van der Waals surface area contributed by atoms with Gasteiger partial charge in [0.25, 0.3) is 0 Å². The molecule has 1 unspecified atom stereocenters. The number of amides is 1. The molecule has 0 saturated heterocycles. The van der Waals surface area contributed by atoms with Crippen molar-refractivity contribution in [2.24, 2.45) is 0 Å². The molecule has 6 nitrogen and oxygen atoms in total. The maximum absolute atomic E-state index is 12.4. The van der Waals surface area contributed by atoms with Gasteiger partial charge in [-0.05, 0) is 64.2 Å². The molecule has 0 aliphatic rings. The number of carboxylic acid groups (broad SMARTS) is 1. The molecule has 37 heavy (non-hydrogen) atoms. The predicted molar refractivity (Wildman–Crippen MR) is 153 cm³/mol. The van der Waals surface area contributed by atoms with Gasteiger partial charge in [-0.25, -0.2) is 0 Å². The van der Waals surface area contributed by atoms with E-state index in [1.165, 1.54) is 64.2 Å². The molecule has 0 saturated carbocycles. The number of hydrogen-bond donors (Lipinski definition) is 2. The third kappa shape index (κ3) is 27.0. The minimum Gasteiger partial charge on any atom is -0.480 e. The monoisotopic (exact) mass is 523 g/mol. The van der Waals surface area contributed by atoms with Gasteiger partial charge in [-0.2, -0.15) is 0 Å². The average molecular weight is 524 g/mol. The summed E-state index contributed by atoms with van der Waals surface area (Å²) in [5.41, 5.74) is 0. The number of carboxylic acids is 1. The average Bonchev–Trinajstić information content (AvgIpc) is 2.87. The van der Waals surface area contributed by atoms with Crippen LogP contribution in [-0.2, 0) is 19.1 Å². The Labute approximate surface area is 227 Å². The highest BCUT2D eigenvalue weighted by Crippen LogP contribution is 2.17. The fourth-order valence-electron chi connectivity index (χ4n) is 4.39. The van der Waals surface area contributed by atoms with Gasteiger partial charge in [0.05, 0.1) is 0 Å². The zero-order valence-corrected chi connectivity index (χ0v) is 24.1. The Morgan fingerprint density at radius 1 is 0.676 bits per heavy atom. The van der Waals surface area contributed by atoms with Crippen molar-refractivity contribution in [2.75, 3.05) is 6.54 Å². The molecule has 0 aromatic heterocycles. The predicted octanol–water partition coefficient (Wildman–Crippen LogP) is 8.28. The van der Waals surface area contributed by atoms with Crippen molar-refractivity contribution in [1.82, 2.24) is 5.32 Å². The van der Waals surface area contributed by atoms with Crippen LogP contribution in [0.2, 0.25) is 0 Å². The molecule has 1 atom stereocenters. The SMILES string of the molecule is CCCCCCC/C=C\CCCCCCCC(=O)OC(CCCCC)CCCCCC(=O)NCC(=O)O. The fourth-order valence-corrected chi connectivity index (χ4v) is 4.39. The molecule has 0 aromatic rings. The van der Waals surface area contributed by atoms with E-state index in [-0.39, 0.29) is 24.5 Å². The van der Waals surface area contributed by atoms with Gasteiger partial charge in [0, 0.05) is 12.8 Å². The minimum absolute atomic E-state index is 0.0293. The lowest BCUT2D eigenvalue weighted by molar-refractivity contribution is -0.150. The Balaban J connectivity index is 3.87. The topological polar surface area (TPSA) is 92.7 Å². The van der Waals surface area contributed by atoms with E-state index in [4.69, 9.17) is 9.84 Å². The number of allylic oxidation sites excluding steroid dienone is 2. The van der Waals surface area contributed by atoms with Crippen LogP contribution in [0.4, 0.5) is 0 Å². The zero-order valence-electron chi connectivity index (χ0n) is 24.1. The molecule has 2 N–H and O–H groups in total. The number of esters is 1. The van der Waals surface area contributed by atoms with Crippen molar-refractivity contribution in [3.05, 3.63) is 12.2 Å². The van der Waals surface area contributed by atoms with E-state index in [0.717, 1.165) is 64.2 Å². The molecule has 0 bridgehead atoms. The van der Waals surface area contributed by atoms with Crippen LogP contribution in [0.25, 0.3) is 0 Å². The van der Waals surface area contributed by atoms with E-state index in [1.54, 1.807) is 0 Å². The van der Waals surface area contributed by atoms with Crippen molar-refractivity contribution in [2.45, 2.75) is 161 Å². The molecule has 0 aromatic carbocycles. The van der Waals surface area contributed by atoms with Crippen LogP contribution in [0.5, 0.6) is 0 Å². The lowest BCUT2D eigenvalue weighted by atomic mass is 10.0. The molecule has 0 spiro atoms. The standard InChI is InChI=1S/C31H57NO5/c1-3-5-7-8-9-10-11-12-13-14-15-16-17-22-26-31(36)37-28(23-19-6-4-2)24-20-18-21-25-29(33)32-27-30(34)35/h11-12,28H,3-10,13-27H2,1-2H3,(H,32,33)(H,34,35)/b12-11-. The van der Waals surface area contributed by atoms with E-state index >= 15 is 0 Å². The van der Waals surface area contributed by atoms with Crippen molar-refractivity contribution in [1.29, 1.82) is 0 Å². The van der Waals surface area contributed by atoms with Gasteiger partial charge >= 0.3 is 11.9 Å². The molecule has 0 radical (unpaired) electrons. The maximum atomic E-state index is 12.4. The number of rotatable bonds is 27. The van der Waals surface area contributed by atoms with Crippen LogP contribution in [0.1, 0.15) is 155 Å². The summed E-state index contributed by atoms with van der Waals surface area (Å²) in [7, 11) is 0. The Hall–Kier alpha value is -1.85. The van der Waals surface area contributed by atoms with Crippen molar-refractivity contribution in [3.63, 3.8) is 0 Å². The van der Waals surface area contributed by atoms with E-state index in [0.29, 0.717) is 12.8 Å². The van der Waals surface area contributed by atoms with Crippen molar-refractivity contribution >= 4 is 17.8 Å². The smallest absolute Gasteiger partial charge is 0.322 e. The van der Waals surface area contributed by atoms with Crippen molar-refractivity contribution < 1.29 is 24.2 Å². The van der Waals surface area contributed by atoms with Crippen LogP contribution in [0, 0.1) is 0 Å². The van der Waals surface area contributed by atoms with Gasteiger partial charge < -0.3 is 15.2 Å². The first kappa shape index (κ1) is 35.2. The number of ether oxygens (including phenoxy) is 1. The summed E-state index contributed by atoms with van der Waals surface area (Å²) < 4.78 is 5.81. The molecule has 0 aliphatic heterocycles. The summed E-state index contributed by atoms with van der Waals surface area (Å²) in [6.45, 7) is 4.09. The summed E-state index contributed by atoms with van der Waals surface area (Å²) in [6.07, 6.45) is 27.8. The summed E-state index contributed by atoms with van der Waals surface area (Å²) in [4.78, 5) is 34.5. The second-order valence-corrected chi connectivity index (χ2v) is 10.4. The number of unbranched alkanes of at least 4 members (excludes halogenated alkanes) is 14. The van der Waals surface area contributed by atoms with E-state index in [9.17, 15) is 14.4 Å². The van der Waals surface area contributed by atoms with Crippen LogP contribution in [0.3, 0.4) is 0 Å². The third-order valence-electron chi connectivity index (χ3n) is 6.69. The van der Waals surface area contributed by atoms with Gasteiger partial charge in [0.2, 0.25) is 5.91 Å². The summed E-state index contributed by atoms with van der Waals surface area (Å²) in [5, 5.41) is 11.0. The molecular formula is C31H57NO5.